The Balaban J connectivity index is 2.66. The van der Waals surface area contributed by atoms with Gasteiger partial charge in [-0.15, -0.1) is 0 Å². The molecule has 0 radical (unpaired) electrons. The third kappa shape index (κ3) is 3.12. The van der Waals surface area contributed by atoms with Crippen LogP contribution in [0.1, 0.15) is 26.3 Å². The number of nitrogens with zero attached hydrogens (tertiary/aromatic N) is 2. The van der Waals surface area contributed by atoms with Gasteiger partial charge in [-0.2, -0.15) is 5.10 Å². The van der Waals surface area contributed by atoms with Crippen LogP contribution < -0.4 is 5.73 Å². The maximum atomic E-state index is 5.69. The summed E-state index contributed by atoms with van der Waals surface area (Å²) in [6.07, 6.45) is 4.84. The molecule has 3 nitrogen and oxygen atoms in total. The first-order valence-corrected chi connectivity index (χ1v) is 5.32. The molecular formula is C9H16BrN3. The zero-order chi connectivity index (χ0) is 9.84. The van der Waals surface area contributed by atoms with Gasteiger partial charge in [-0.25, -0.2) is 0 Å². The Morgan fingerprint density at radius 2 is 2.31 bits per heavy atom. The Hall–Kier alpha value is -0.350. The van der Waals surface area contributed by atoms with E-state index >= 15 is 0 Å². The van der Waals surface area contributed by atoms with Gasteiger partial charge in [-0.1, -0.05) is 13.8 Å². The largest absolute Gasteiger partial charge is 0.328 e. The van der Waals surface area contributed by atoms with Crippen LogP contribution in [0.3, 0.4) is 0 Å². The van der Waals surface area contributed by atoms with Gasteiger partial charge in [0.1, 0.15) is 0 Å². The Kier molecular flexibility index (Phi) is 3.93. The summed E-state index contributed by atoms with van der Waals surface area (Å²) in [5.41, 5.74) is 5.69. The van der Waals surface area contributed by atoms with Gasteiger partial charge in [0.2, 0.25) is 0 Å². The highest BCUT2D eigenvalue weighted by atomic mass is 79.9. The van der Waals surface area contributed by atoms with E-state index in [0.717, 1.165) is 10.9 Å². The smallest absolute Gasteiger partial charge is 0.0644 e. The minimum atomic E-state index is 0.325. The molecule has 0 saturated carbocycles. The Bertz CT molecular complexity index is 257. The SMILES string of the molecule is CC(C)CC(CN)n1cc(Br)cn1. The van der Waals surface area contributed by atoms with Gasteiger partial charge in [0.05, 0.1) is 16.7 Å². The van der Waals surface area contributed by atoms with E-state index in [9.17, 15) is 0 Å². The van der Waals surface area contributed by atoms with Crippen molar-refractivity contribution >= 4 is 15.9 Å². The van der Waals surface area contributed by atoms with E-state index in [0.29, 0.717) is 18.5 Å². The number of rotatable bonds is 4. The fraction of sp³-hybridized carbons (Fsp3) is 0.667. The van der Waals surface area contributed by atoms with Crippen LogP contribution >= 0.6 is 15.9 Å². The molecule has 0 saturated heterocycles. The molecule has 1 aromatic rings. The molecule has 0 bridgehead atoms. The van der Waals surface area contributed by atoms with Crippen LogP contribution in [0.15, 0.2) is 16.9 Å². The lowest BCUT2D eigenvalue weighted by Gasteiger charge is -2.17. The van der Waals surface area contributed by atoms with Crippen LogP contribution in [0.25, 0.3) is 0 Å². The predicted octanol–water partition coefficient (Wildman–Crippen LogP) is 2.19. The minimum absolute atomic E-state index is 0.325. The van der Waals surface area contributed by atoms with Crippen molar-refractivity contribution in [1.29, 1.82) is 0 Å². The summed E-state index contributed by atoms with van der Waals surface area (Å²) in [6.45, 7) is 5.04. The molecule has 0 fully saturated rings. The average molecular weight is 246 g/mol. The molecule has 0 spiro atoms. The predicted molar refractivity (Wildman–Crippen MR) is 57.5 cm³/mol. The molecular weight excluding hydrogens is 230 g/mol. The van der Waals surface area contributed by atoms with Crippen molar-refractivity contribution in [3.05, 3.63) is 16.9 Å². The molecule has 0 amide bonds. The summed E-state index contributed by atoms with van der Waals surface area (Å²) in [6, 6.07) is 0.325. The zero-order valence-corrected chi connectivity index (χ0v) is 9.66. The summed E-state index contributed by atoms with van der Waals surface area (Å²) >= 11 is 3.37. The van der Waals surface area contributed by atoms with Crippen LogP contribution in [0, 0.1) is 5.92 Å². The van der Waals surface area contributed by atoms with Crippen molar-refractivity contribution < 1.29 is 0 Å². The lowest BCUT2D eigenvalue weighted by atomic mass is 10.0. The van der Waals surface area contributed by atoms with Gasteiger partial charge in [0.25, 0.3) is 0 Å². The summed E-state index contributed by atoms with van der Waals surface area (Å²) in [5.74, 6) is 0.650. The van der Waals surface area contributed by atoms with E-state index in [4.69, 9.17) is 5.73 Å². The normalized spacial score (nSPS) is 13.6. The molecule has 4 heteroatoms. The third-order valence-corrected chi connectivity index (χ3v) is 2.37. The maximum absolute atomic E-state index is 5.69. The van der Waals surface area contributed by atoms with E-state index in [1.807, 2.05) is 10.9 Å². The van der Waals surface area contributed by atoms with Crippen molar-refractivity contribution in [2.45, 2.75) is 26.3 Å². The van der Waals surface area contributed by atoms with Crippen LogP contribution in [-0.2, 0) is 0 Å². The van der Waals surface area contributed by atoms with E-state index in [1.165, 1.54) is 0 Å². The summed E-state index contributed by atoms with van der Waals surface area (Å²) < 4.78 is 2.94. The van der Waals surface area contributed by atoms with Crippen molar-refractivity contribution in [2.75, 3.05) is 6.54 Å². The molecule has 13 heavy (non-hydrogen) atoms. The van der Waals surface area contributed by atoms with Gasteiger partial charge in [-0.05, 0) is 28.3 Å². The van der Waals surface area contributed by atoms with Crippen molar-refractivity contribution in [2.24, 2.45) is 11.7 Å². The molecule has 1 aromatic heterocycles. The highest BCUT2D eigenvalue weighted by Gasteiger charge is 2.11. The van der Waals surface area contributed by atoms with Gasteiger partial charge in [-0.3, -0.25) is 4.68 Å². The monoisotopic (exact) mass is 245 g/mol. The zero-order valence-electron chi connectivity index (χ0n) is 8.07. The second kappa shape index (κ2) is 4.77. The fourth-order valence-electron chi connectivity index (χ4n) is 1.37. The standard InChI is InChI=1S/C9H16BrN3/c1-7(2)3-9(4-11)13-6-8(10)5-12-13/h5-7,9H,3-4,11H2,1-2H3. The highest BCUT2D eigenvalue weighted by molar-refractivity contribution is 9.10. The molecule has 0 aliphatic heterocycles. The number of hydrogen-bond donors (Lipinski definition) is 1. The average Bonchev–Trinajstić information content (AvgIpc) is 2.47. The number of hydrogen-bond acceptors (Lipinski definition) is 2. The Morgan fingerprint density at radius 3 is 2.69 bits per heavy atom. The molecule has 1 rings (SSSR count). The molecule has 1 atom stereocenters. The fourth-order valence-corrected chi connectivity index (χ4v) is 1.67. The Morgan fingerprint density at radius 1 is 1.62 bits per heavy atom. The van der Waals surface area contributed by atoms with Crippen molar-refractivity contribution in [3.63, 3.8) is 0 Å². The first-order chi connectivity index (χ1) is 6.13. The summed E-state index contributed by atoms with van der Waals surface area (Å²) in [7, 11) is 0. The number of aromatic nitrogens is 2. The molecule has 1 unspecified atom stereocenters. The Labute approximate surface area is 87.4 Å². The third-order valence-electron chi connectivity index (χ3n) is 1.96. The lowest BCUT2D eigenvalue weighted by molar-refractivity contribution is 0.379. The topological polar surface area (TPSA) is 43.8 Å². The van der Waals surface area contributed by atoms with Gasteiger partial charge < -0.3 is 5.73 Å². The van der Waals surface area contributed by atoms with Crippen molar-refractivity contribution in [1.82, 2.24) is 9.78 Å². The van der Waals surface area contributed by atoms with Crippen LogP contribution in [0.2, 0.25) is 0 Å². The molecule has 1 heterocycles. The highest BCUT2D eigenvalue weighted by Crippen LogP contribution is 2.17. The second-order valence-electron chi connectivity index (χ2n) is 3.66. The quantitative estimate of drug-likeness (QED) is 0.884. The van der Waals surface area contributed by atoms with Gasteiger partial charge >= 0.3 is 0 Å². The molecule has 0 aromatic carbocycles. The molecule has 2 N–H and O–H groups in total. The van der Waals surface area contributed by atoms with E-state index in [-0.39, 0.29) is 0 Å². The van der Waals surface area contributed by atoms with Gasteiger partial charge in [0, 0.05) is 12.7 Å². The molecule has 74 valence electrons. The molecule has 0 aliphatic carbocycles. The first-order valence-electron chi connectivity index (χ1n) is 4.53. The van der Waals surface area contributed by atoms with Gasteiger partial charge in [0.15, 0.2) is 0 Å². The van der Waals surface area contributed by atoms with Crippen LogP contribution in [-0.4, -0.2) is 16.3 Å². The summed E-state index contributed by atoms with van der Waals surface area (Å²) in [4.78, 5) is 0. The van der Waals surface area contributed by atoms with E-state index < -0.39 is 0 Å². The number of nitrogens with two attached hydrogens (primary N) is 1. The first kappa shape index (κ1) is 10.7. The second-order valence-corrected chi connectivity index (χ2v) is 4.57. The maximum Gasteiger partial charge on any atom is 0.0644 e. The van der Waals surface area contributed by atoms with Crippen LogP contribution in [0.4, 0.5) is 0 Å². The van der Waals surface area contributed by atoms with Crippen LogP contribution in [0.5, 0.6) is 0 Å². The molecule has 0 aliphatic rings. The number of halogens is 1. The lowest BCUT2D eigenvalue weighted by Crippen LogP contribution is -2.21. The van der Waals surface area contributed by atoms with E-state index in [1.54, 1.807) is 6.20 Å². The van der Waals surface area contributed by atoms with E-state index in [2.05, 4.69) is 34.9 Å². The minimum Gasteiger partial charge on any atom is -0.328 e. The summed E-state index contributed by atoms with van der Waals surface area (Å²) in [5, 5.41) is 4.23. The van der Waals surface area contributed by atoms with Crippen molar-refractivity contribution in [3.8, 4) is 0 Å².